The number of ether oxygens (including phenoxy) is 2. The Labute approximate surface area is 85.0 Å². The molecule has 1 N–H and O–H groups in total. The lowest BCUT2D eigenvalue weighted by atomic mass is 10.3. The summed E-state index contributed by atoms with van der Waals surface area (Å²) in [6, 6.07) is 0. The summed E-state index contributed by atoms with van der Waals surface area (Å²) in [5.41, 5.74) is 0. The normalized spacial score (nSPS) is 18.1. The second kappa shape index (κ2) is 6.79. The predicted molar refractivity (Wildman–Crippen MR) is 52.8 cm³/mol. The number of carbonyl (C=O) groups excluding carboxylic acids is 1. The monoisotopic (exact) mass is 201 g/mol. The van der Waals surface area contributed by atoms with Crippen molar-refractivity contribution in [1.29, 1.82) is 0 Å². The van der Waals surface area contributed by atoms with Gasteiger partial charge in [0.2, 0.25) is 5.91 Å². The molecule has 1 aliphatic heterocycles. The zero-order valence-electron chi connectivity index (χ0n) is 8.75. The lowest BCUT2D eigenvalue weighted by Gasteiger charge is -2.23. The van der Waals surface area contributed by atoms with Gasteiger partial charge in [-0.15, -0.1) is 0 Å². The zero-order valence-corrected chi connectivity index (χ0v) is 8.75. The van der Waals surface area contributed by atoms with Crippen LogP contribution in [0.4, 0.5) is 0 Å². The van der Waals surface area contributed by atoms with E-state index in [0.717, 1.165) is 32.5 Å². The van der Waals surface area contributed by atoms with Gasteiger partial charge in [-0.2, -0.15) is 0 Å². The van der Waals surface area contributed by atoms with Crippen LogP contribution >= 0.6 is 0 Å². The number of carbonyl (C=O) groups is 1. The van der Waals surface area contributed by atoms with E-state index in [1.165, 1.54) is 0 Å². The Hall–Kier alpha value is -0.610. The maximum atomic E-state index is 11.1. The Balaban J connectivity index is 1.99. The molecular formula is C10H19NO3. The molecule has 1 aliphatic rings. The van der Waals surface area contributed by atoms with Crippen molar-refractivity contribution in [2.45, 2.75) is 38.9 Å². The van der Waals surface area contributed by atoms with E-state index in [2.05, 4.69) is 5.32 Å². The smallest absolute Gasteiger partial charge is 0.219 e. The van der Waals surface area contributed by atoms with Gasteiger partial charge in [-0.1, -0.05) is 6.92 Å². The minimum absolute atomic E-state index is 0.114. The van der Waals surface area contributed by atoms with Crippen molar-refractivity contribution >= 4 is 5.91 Å². The van der Waals surface area contributed by atoms with E-state index in [4.69, 9.17) is 9.47 Å². The van der Waals surface area contributed by atoms with Crippen molar-refractivity contribution in [2.75, 3.05) is 19.8 Å². The highest BCUT2D eigenvalue weighted by molar-refractivity contribution is 5.75. The zero-order chi connectivity index (χ0) is 10.2. The van der Waals surface area contributed by atoms with E-state index in [1.54, 1.807) is 0 Å². The van der Waals surface area contributed by atoms with Gasteiger partial charge >= 0.3 is 0 Å². The van der Waals surface area contributed by atoms with Gasteiger partial charge in [-0.3, -0.25) is 4.79 Å². The first kappa shape index (κ1) is 11.5. The molecule has 1 saturated heterocycles. The van der Waals surface area contributed by atoms with E-state index >= 15 is 0 Å². The first-order valence-electron chi connectivity index (χ1n) is 5.33. The fraction of sp³-hybridized carbons (Fsp3) is 0.900. The van der Waals surface area contributed by atoms with Gasteiger partial charge < -0.3 is 14.8 Å². The molecular weight excluding hydrogens is 182 g/mol. The Morgan fingerprint density at radius 1 is 1.43 bits per heavy atom. The van der Waals surface area contributed by atoms with Crippen LogP contribution in [0.1, 0.15) is 32.6 Å². The van der Waals surface area contributed by atoms with Crippen LogP contribution in [0.2, 0.25) is 0 Å². The van der Waals surface area contributed by atoms with Gasteiger partial charge in [0.1, 0.15) is 0 Å². The molecule has 0 atom stereocenters. The second-order valence-electron chi connectivity index (χ2n) is 3.41. The van der Waals surface area contributed by atoms with Crippen molar-refractivity contribution in [2.24, 2.45) is 0 Å². The van der Waals surface area contributed by atoms with Gasteiger partial charge in [0.25, 0.3) is 0 Å². The number of hydrogen-bond donors (Lipinski definition) is 1. The van der Waals surface area contributed by atoms with Crippen LogP contribution in [-0.2, 0) is 14.3 Å². The lowest BCUT2D eigenvalue weighted by Crippen LogP contribution is -2.31. The molecule has 0 aromatic rings. The quantitative estimate of drug-likeness (QED) is 0.723. The summed E-state index contributed by atoms with van der Waals surface area (Å²) in [6.07, 6.45) is 3.09. The number of nitrogens with one attached hydrogen (secondary N) is 1. The van der Waals surface area contributed by atoms with Crippen LogP contribution in [0.25, 0.3) is 0 Å². The molecule has 0 saturated carbocycles. The minimum Gasteiger partial charge on any atom is -0.356 e. The summed E-state index contributed by atoms with van der Waals surface area (Å²) in [5.74, 6) is 0.114. The van der Waals surface area contributed by atoms with Crippen molar-refractivity contribution in [3.63, 3.8) is 0 Å². The van der Waals surface area contributed by atoms with Gasteiger partial charge in [-0.25, -0.2) is 0 Å². The highest BCUT2D eigenvalue weighted by atomic mass is 16.7. The Morgan fingerprint density at radius 3 is 2.79 bits per heavy atom. The number of hydrogen-bond acceptors (Lipinski definition) is 3. The molecule has 1 amide bonds. The Morgan fingerprint density at radius 2 is 2.14 bits per heavy atom. The highest BCUT2D eigenvalue weighted by Crippen LogP contribution is 2.07. The van der Waals surface area contributed by atoms with E-state index in [1.807, 2.05) is 6.92 Å². The SMILES string of the molecule is CCCC(=O)NCCC1OCCCO1. The molecule has 4 heteroatoms. The van der Waals surface area contributed by atoms with Gasteiger partial charge in [0, 0.05) is 19.4 Å². The van der Waals surface area contributed by atoms with Crippen molar-refractivity contribution in [3.8, 4) is 0 Å². The first-order valence-corrected chi connectivity index (χ1v) is 5.33. The summed E-state index contributed by atoms with van der Waals surface area (Å²) in [6.45, 7) is 4.18. The van der Waals surface area contributed by atoms with Crippen molar-refractivity contribution < 1.29 is 14.3 Å². The molecule has 1 heterocycles. The summed E-state index contributed by atoms with van der Waals surface area (Å²) in [7, 11) is 0. The fourth-order valence-corrected chi connectivity index (χ4v) is 1.35. The van der Waals surface area contributed by atoms with Gasteiger partial charge in [-0.05, 0) is 12.8 Å². The van der Waals surface area contributed by atoms with E-state index < -0.39 is 0 Å². The molecule has 0 aromatic carbocycles. The number of rotatable bonds is 5. The summed E-state index contributed by atoms with van der Waals surface area (Å²) < 4.78 is 10.7. The van der Waals surface area contributed by atoms with Crippen LogP contribution in [0.5, 0.6) is 0 Å². The summed E-state index contributed by atoms with van der Waals surface area (Å²) in [4.78, 5) is 11.1. The third-order valence-corrected chi connectivity index (χ3v) is 2.08. The van der Waals surface area contributed by atoms with Crippen LogP contribution in [0.15, 0.2) is 0 Å². The summed E-state index contributed by atoms with van der Waals surface area (Å²) >= 11 is 0. The Bertz CT molecular complexity index is 167. The molecule has 0 spiro atoms. The van der Waals surface area contributed by atoms with Crippen molar-refractivity contribution in [1.82, 2.24) is 5.32 Å². The number of amides is 1. The predicted octanol–water partition coefficient (Wildman–Crippen LogP) is 1.06. The van der Waals surface area contributed by atoms with Gasteiger partial charge in [0.15, 0.2) is 6.29 Å². The maximum Gasteiger partial charge on any atom is 0.219 e. The molecule has 0 bridgehead atoms. The lowest BCUT2D eigenvalue weighted by molar-refractivity contribution is -0.180. The molecule has 4 nitrogen and oxygen atoms in total. The van der Waals surface area contributed by atoms with E-state index in [9.17, 15) is 4.79 Å². The summed E-state index contributed by atoms with van der Waals surface area (Å²) in [5, 5.41) is 2.83. The van der Waals surface area contributed by atoms with E-state index in [0.29, 0.717) is 13.0 Å². The first-order chi connectivity index (χ1) is 6.83. The maximum absolute atomic E-state index is 11.1. The van der Waals surface area contributed by atoms with Crippen LogP contribution < -0.4 is 5.32 Å². The fourth-order valence-electron chi connectivity index (χ4n) is 1.35. The molecule has 0 unspecified atom stereocenters. The average Bonchev–Trinajstić information content (AvgIpc) is 2.20. The molecule has 0 aliphatic carbocycles. The van der Waals surface area contributed by atoms with Crippen LogP contribution in [0, 0.1) is 0 Å². The van der Waals surface area contributed by atoms with Crippen molar-refractivity contribution in [3.05, 3.63) is 0 Å². The molecule has 0 radical (unpaired) electrons. The molecule has 14 heavy (non-hydrogen) atoms. The van der Waals surface area contributed by atoms with Crippen LogP contribution in [-0.4, -0.2) is 32.0 Å². The average molecular weight is 201 g/mol. The molecule has 0 aromatic heterocycles. The topological polar surface area (TPSA) is 47.6 Å². The largest absolute Gasteiger partial charge is 0.356 e. The van der Waals surface area contributed by atoms with Crippen LogP contribution in [0.3, 0.4) is 0 Å². The van der Waals surface area contributed by atoms with E-state index in [-0.39, 0.29) is 12.2 Å². The third-order valence-electron chi connectivity index (χ3n) is 2.08. The second-order valence-corrected chi connectivity index (χ2v) is 3.41. The third kappa shape index (κ3) is 4.58. The highest BCUT2D eigenvalue weighted by Gasteiger charge is 2.13. The minimum atomic E-state index is -0.120. The molecule has 1 rings (SSSR count). The van der Waals surface area contributed by atoms with Gasteiger partial charge in [0.05, 0.1) is 13.2 Å². The molecule has 1 fully saturated rings. The standard InChI is InChI=1S/C10H19NO3/c1-2-4-9(12)11-6-5-10-13-7-3-8-14-10/h10H,2-8H2,1H3,(H,11,12). The Kier molecular flexibility index (Phi) is 5.56. The molecule has 82 valence electrons.